The van der Waals surface area contributed by atoms with Crippen molar-refractivity contribution < 1.29 is 14.3 Å². The van der Waals surface area contributed by atoms with Gasteiger partial charge in [-0.2, -0.15) is 11.8 Å². The fourth-order valence-electron chi connectivity index (χ4n) is 3.03. The Balaban J connectivity index is 1.92. The van der Waals surface area contributed by atoms with Crippen molar-refractivity contribution in [3.63, 3.8) is 0 Å². The number of hydrogen-bond acceptors (Lipinski definition) is 4. The predicted molar refractivity (Wildman–Crippen MR) is 80.7 cm³/mol. The van der Waals surface area contributed by atoms with Crippen LogP contribution in [0.3, 0.4) is 0 Å². The summed E-state index contributed by atoms with van der Waals surface area (Å²) >= 11 is 1.97. The number of esters is 1. The number of carbonyl (C=O) groups excluding carboxylic acids is 2. The molecule has 0 N–H and O–H groups in total. The highest BCUT2D eigenvalue weighted by molar-refractivity contribution is 7.99. The van der Waals surface area contributed by atoms with E-state index in [-0.39, 0.29) is 17.9 Å². The van der Waals surface area contributed by atoms with Crippen LogP contribution >= 0.6 is 11.8 Å². The van der Waals surface area contributed by atoms with Gasteiger partial charge in [0.05, 0.1) is 6.61 Å². The van der Waals surface area contributed by atoms with E-state index in [1.165, 1.54) is 11.5 Å². The first-order valence-electron chi connectivity index (χ1n) is 7.76. The van der Waals surface area contributed by atoms with Gasteiger partial charge >= 0.3 is 5.97 Å². The van der Waals surface area contributed by atoms with Gasteiger partial charge in [-0.05, 0) is 56.5 Å². The smallest absolute Gasteiger partial charge is 0.328 e. The van der Waals surface area contributed by atoms with Gasteiger partial charge in [-0.3, -0.25) is 4.79 Å². The number of rotatable bonds is 4. The zero-order chi connectivity index (χ0) is 14.4. The molecule has 1 atom stereocenters. The Bertz CT molecular complexity index is 342. The van der Waals surface area contributed by atoms with Gasteiger partial charge < -0.3 is 9.64 Å². The second-order valence-electron chi connectivity index (χ2n) is 5.61. The van der Waals surface area contributed by atoms with Crippen LogP contribution < -0.4 is 0 Å². The monoisotopic (exact) mass is 299 g/mol. The molecule has 0 aliphatic carbocycles. The Labute approximate surface area is 125 Å². The van der Waals surface area contributed by atoms with Crippen LogP contribution in [0.25, 0.3) is 0 Å². The van der Waals surface area contributed by atoms with Gasteiger partial charge in [-0.1, -0.05) is 0 Å². The van der Waals surface area contributed by atoms with E-state index in [4.69, 9.17) is 4.74 Å². The van der Waals surface area contributed by atoms with Crippen molar-refractivity contribution in [1.82, 2.24) is 4.90 Å². The minimum atomic E-state index is -0.339. The maximum atomic E-state index is 12.5. The standard InChI is InChI=1S/C15H25NO3S/c1-2-19-15(18)13-5-3-4-8-16(13)14(17)11-12-6-9-20-10-7-12/h12-13H,2-11H2,1H3. The number of likely N-dealkylation sites (tertiary alicyclic amines) is 1. The van der Waals surface area contributed by atoms with Crippen LogP contribution in [0.2, 0.25) is 0 Å². The molecule has 20 heavy (non-hydrogen) atoms. The average molecular weight is 299 g/mol. The summed E-state index contributed by atoms with van der Waals surface area (Å²) in [7, 11) is 0. The van der Waals surface area contributed by atoms with E-state index in [0.29, 0.717) is 25.5 Å². The lowest BCUT2D eigenvalue weighted by molar-refractivity contribution is -0.157. The van der Waals surface area contributed by atoms with Crippen molar-refractivity contribution in [2.45, 2.75) is 51.5 Å². The Hall–Kier alpha value is -0.710. The van der Waals surface area contributed by atoms with Gasteiger partial charge in [0.2, 0.25) is 5.91 Å². The van der Waals surface area contributed by atoms with Crippen LogP contribution in [-0.2, 0) is 14.3 Å². The van der Waals surface area contributed by atoms with E-state index < -0.39 is 0 Å². The first-order chi connectivity index (χ1) is 9.72. The molecule has 1 amide bonds. The van der Waals surface area contributed by atoms with Crippen molar-refractivity contribution in [3.8, 4) is 0 Å². The highest BCUT2D eigenvalue weighted by Gasteiger charge is 2.33. The van der Waals surface area contributed by atoms with Crippen LogP contribution in [0.1, 0.15) is 45.4 Å². The van der Waals surface area contributed by atoms with Gasteiger partial charge in [0.25, 0.3) is 0 Å². The zero-order valence-electron chi connectivity index (χ0n) is 12.3. The molecular weight excluding hydrogens is 274 g/mol. The van der Waals surface area contributed by atoms with Gasteiger partial charge in [0.15, 0.2) is 0 Å². The summed E-state index contributed by atoms with van der Waals surface area (Å²) in [6.45, 7) is 2.91. The van der Waals surface area contributed by atoms with Crippen molar-refractivity contribution >= 4 is 23.6 Å². The van der Waals surface area contributed by atoms with Gasteiger partial charge in [0, 0.05) is 13.0 Å². The Morgan fingerprint density at radius 3 is 2.65 bits per heavy atom. The van der Waals surface area contributed by atoms with Gasteiger partial charge in [-0.25, -0.2) is 4.79 Å². The molecular formula is C15H25NO3S. The predicted octanol–water partition coefficient (Wildman–Crippen LogP) is 2.46. The lowest BCUT2D eigenvalue weighted by atomic mass is 9.95. The molecule has 4 nitrogen and oxygen atoms in total. The number of thioether (sulfide) groups is 1. The zero-order valence-corrected chi connectivity index (χ0v) is 13.1. The van der Waals surface area contributed by atoms with Crippen LogP contribution in [0.4, 0.5) is 0 Å². The second kappa shape index (κ2) is 7.91. The van der Waals surface area contributed by atoms with E-state index in [2.05, 4.69) is 0 Å². The van der Waals surface area contributed by atoms with E-state index in [9.17, 15) is 9.59 Å². The third kappa shape index (κ3) is 4.14. The summed E-state index contributed by atoms with van der Waals surface area (Å²) in [6, 6.07) is -0.339. The molecule has 0 radical (unpaired) electrons. The first kappa shape index (κ1) is 15.7. The molecule has 2 aliphatic rings. The Morgan fingerprint density at radius 1 is 1.20 bits per heavy atom. The van der Waals surface area contributed by atoms with Crippen LogP contribution in [0, 0.1) is 5.92 Å². The van der Waals surface area contributed by atoms with Crippen molar-refractivity contribution in [2.75, 3.05) is 24.7 Å². The molecule has 0 aromatic heterocycles. The summed E-state index contributed by atoms with van der Waals surface area (Å²) < 4.78 is 5.12. The largest absolute Gasteiger partial charge is 0.464 e. The molecule has 0 aromatic carbocycles. The highest BCUT2D eigenvalue weighted by atomic mass is 32.2. The molecule has 2 aliphatic heterocycles. The van der Waals surface area contributed by atoms with Gasteiger partial charge in [0.1, 0.15) is 6.04 Å². The first-order valence-corrected chi connectivity index (χ1v) is 8.91. The minimum absolute atomic E-state index is 0.152. The lowest BCUT2D eigenvalue weighted by Crippen LogP contribution is -2.49. The van der Waals surface area contributed by atoms with E-state index in [1.807, 2.05) is 18.7 Å². The van der Waals surface area contributed by atoms with Crippen LogP contribution in [0.5, 0.6) is 0 Å². The van der Waals surface area contributed by atoms with Crippen LogP contribution in [0.15, 0.2) is 0 Å². The normalized spacial score (nSPS) is 24.4. The van der Waals surface area contributed by atoms with Crippen molar-refractivity contribution in [1.29, 1.82) is 0 Å². The molecule has 114 valence electrons. The van der Waals surface area contributed by atoms with Crippen molar-refractivity contribution in [3.05, 3.63) is 0 Å². The van der Waals surface area contributed by atoms with Crippen molar-refractivity contribution in [2.24, 2.45) is 5.92 Å². The molecule has 0 spiro atoms. The van der Waals surface area contributed by atoms with E-state index >= 15 is 0 Å². The molecule has 5 heteroatoms. The minimum Gasteiger partial charge on any atom is -0.464 e. The quantitative estimate of drug-likeness (QED) is 0.748. The third-order valence-corrected chi connectivity index (χ3v) is 5.23. The summed E-state index contributed by atoms with van der Waals surface area (Å²) in [6.07, 6.45) is 5.64. The topological polar surface area (TPSA) is 46.6 Å². The summed E-state index contributed by atoms with van der Waals surface area (Å²) in [4.78, 5) is 26.3. The maximum Gasteiger partial charge on any atom is 0.328 e. The molecule has 0 saturated carbocycles. The Kier molecular flexibility index (Phi) is 6.20. The highest BCUT2D eigenvalue weighted by Crippen LogP contribution is 2.27. The fourth-order valence-corrected chi connectivity index (χ4v) is 4.23. The molecule has 2 heterocycles. The molecule has 0 aromatic rings. The van der Waals surface area contributed by atoms with Crippen LogP contribution in [-0.4, -0.2) is 47.5 Å². The number of piperidine rings is 1. The third-order valence-electron chi connectivity index (χ3n) is 4.19. The summed E-state index contributed by atoms with van der Waals surface area (Å²) in [5.41, 5.74) is 0. The summed E-state index contributed by atoms with van der Waals surface area (Å²) in [5, 5.41) is 0. The summed E-state index contributed by atoms with van der Waals surface area (Å²) in [5.74, 6) is 2.77. The number of ether oxygens (including phenoxy) is 1. The Morgan fingerprint density at radius 2 is 1.95 bits per heavy atom. The second-order valence-corrected chi connectivity index (χ2v) is 6.84. The van der Waals surface area contributed by atoms with Gasteiger partial charge in [-0.15, -0.1) is 0 Å². The maximum absolute atomic E-state index is 12.5. The van der Waals surface area contributed by atoms with E-state index in [0.717, 1.165) is 32.1 Å². The molecule has 2 rings (SSSR count). The number of nitrogens with zero attached hydrogens (tertiary/aromatic N) is 1. The molecule has 0 bridgehead atoms. The number of amides is 1. The SMILES string of the molecule is CCOC(=O)C1CCCCN1C(=O)CC1CCSCC1. The average Bonchev–Trinajstić information content (AvgIpc) is 2.48. The fraction of sp³-hybridized carbons (Fsp3) is 0.867. The molecule has 2 fully saturated rings. The number of hydrogen-bond donors (Lipinski definition) is 0. The van der Waals surface area contributed by atoms with E-state index in [1.54, 1.807) is 4.90 Å². The molecule has 1 unspecified atom stereocenters. The lowest BCUT2D eigenvalue weighted by Gasteiger charge is -2.35. The molecule has 2 saturated heterocycles. The number of carbonyl (C=O) groups is 2.